The molecule has 1 aliphatic rings. The topological polar surface area (TPSA) is 84.6 Å². The lowest BCUT2D eigenvalue weighted by Crippen LogP contribution is -2.13. The van der Waals surface area contributed by atoms with E-state index in [0.717, 1.165) is 11.1 Å². The number of rotatable bonds is 2. The normalized spacial score (nSPS) is 13.7. The highest BCUT2D eigenvalue weighted by molar-refractivity contribution is 6.19. The Hall–Kier alpha value is -3.02. The molecule has 0 radical (unpaired) electrons. The Bertz CT molecular complexity index is 795. The first-order valence-electron chi connectivity index (χ1n) is 6.75. The number of aliphatic imine (C=N–C) groups is 1. The molecule has 0 aliphatic carbocycles. The van der Waals surface area contributed by atoms with Crippen LogP contribution in [-0.4, -0.2) is 23.1 Å². The number of fused-ring (bicyclic) bond motifs is 1. The number of benzene rings is 2. The van der Waals surface area contributed by atoms with Gasteiger partial charge in [0.05, 0.1) is 16.3 Å². The minimum atomic E-state index is -0.459. The van der Waals surface area contributed by atoms with Crippen LogP contribution in [0, 0.1) is 17.0 Å². The van der Waals surface area contributed by atoms with E-state index < -0.39 is 4.92 Å². The van der Waals surface area contributed by atoms with Crippen molar-refractivity contribution in [3.05, 3.63) is 69.3 Å². The Morgan fingerprint density at radius 3 is 2.59 bits per heavy atom. The number of nitrogens with one attached hydrogen (secondary N) is 1. The maximum absolute atomic E-state index is 11.7. The van der Waals surface area contributed by atoms with E-state index in [-0.39, 0.29) is 18.1 Å². The van der Waals surface area contributed by atoms with Gasteiger partial charge in [-0.15, -0.1) is 0 Å². The summed E-state index contributed by atoms with van der Waals surface area (Å²) in [5.41, 5.74) is 3.57. The molecule has 6 heteroatoms. The molecule has 3 rings (SSSR count). The zero-order chi connectivity index (χ0) is 15.7. The largest absolute Gasteiger partial charge is 0.324 e. The third-order valence-electron chi connectivity index (χ3n) is 3.45. The molecule has 1 amide bonds. The molecule has 1 N–H and O–H groups in total. The summed E-state index contributed by atoms with van der Waals surface area (Å²) in [6, 6.07) is 12.0. The van der Waals surface area contributed by atoms with Crippen molar-refractivity contribution in [2.45, 2.75) is 6.92 Å². The molecule has 0 fully saturated rings. The maximum atomic E-state index is 11.7. The molecule has 0 unspecified atom stereocenters. The summed E-state index contributed by atoms with van der Waals surface area (Å²) in [6.07, 6.45) is 0. The highest BCUT2D eigenvalue weighted by Gasteiger charge is 2.20. The molecular weight excluding hydrogens is 282 g/mol. The number of hydrogen-bond donors (Lipinski definition) is 1. The molecule has 0 bridgehead atoms. The van der Waals surface area contributed by atoms with Crippen LogP contribution in [-0.2, 0) is 4.79 Å². The number of nitrogens with zero attached hydrogens (tertiary/aromatic N) is 2. The second-order valence-corrected chi connectivity index (χ2v) is 5.07. The second-order valence-electron chi connectivity index (χ2n) is 5.07. The monoisotopic (exact) mass is 295 g/mol. The molecule has 1 aliphatic heterocycles. The van der Waals surface area contributed by atoms with E-state index in [9.17, 15) is 14.9 Å². The van der Waals surface area contributed by atoms with E-state index in [2.05, 4.69) is 10.3 Å². The second kappa shape index (κ2) is 5.40. The first-order chi connectivity index (χ1) is 10.5. The summed E-state index contributed by atoms with van der Waals surface area (Å²) >= 11 is 0. The highest BCUT2D eigenvalue weighted by atomic mass is 16.6. The summed E-state index contributed by atoms with van der Waals surface area (Å²) in [7, 11) is 0. The van der Waals surface area contributed by atoms with Crippen LogP contribution in [0.25, 0.3) is 0 Å². The highest BCUT2D eigenvalue weighted by Crippen LogP contribution is 2.27. The Balaban J connectivity index is 2.18. The third-order valence-corrected chi connectivity index (χ3v) is 3.45. The van der Waals surface area contributed by atoms with Gasteiger partial charge < -0.3 is 5.32 Å². The number of hydrogen-bond acceptors (Lipinski definition) is 4. The van der Waals surface area contributed by atoms with Crippen LogP contribution in [0.2, 0.25) is 0 Å². The first-order valence-corrected chi connectivity index (χ1v) is 6.75. The van der Waals surface area contributed by atoms with Gasteiger partial charge in [-0.2, -0.15) is 0 Å². The summed E-state index contributed by atoms with van der Waals surface area (Å²) in [5, 5.41) is 13.7. The summed E-state index contributed by atoms with van der Waals surface area (Å²) in [6.45, 7) is 1.97. The molecule has 110 valence electrons. The van der Waals surface area contributed by atoms with Crippen LogP contribution in [0.1, 0.15) is 16.7 Å². The lowest BCUT2D eigenvalue weighted by Gasteiger charge is -2.10. The number of nitro groups is 1. The fourth-order valence-electron chi connectivity index (χ4n) is 2.33. The predicted molar refractivity (Wildman–Crippen MR) is 83.4 cm³/mol. The number of anilines is 1. The van der Waals surface area contributed by atoms with E-state index >= 15 is 0 Å². The van der Waals surface area contributed by atoms with Crippen LogP contribution >= 0.6 is 0 Å². The Labute approximate surface area is 126 Å². The SMILES string of the molecule is Cc1ccc(C2=NCC(=O)Nc3ccc([N+](=O)[O-])cc32)cc1. The van der Waals surface area contributed by atoms with Crippen molar-refractivity contribution >= 4 is 23.0 Å². The molecule has 0 atom stereocenters. The van der Waals surface area contributed by atoms with E-state index in [1.54, 1.807) is 6.07 Å². The van der Waals surface area contributed by atoms with Gasteiger partial charge >= 0.3 is 0 Å². The Kier molecular flexibility index (Phi) is 3.42. The quantitative estimate of drug-likeness (QED) is 0.682. The van der Waals surface area contributed by atoms with Crippen molar-refractivity contribution < 1.29 is 9.72 Å². The van der Waals surface area contributed by atoms with Crippen LogP contribution < -0.4 is 5.32 Å². The molecule has 22 heavy (non-hydrogen) atoms. The van der Waals surface area contributed by atoms with Gasteiger partial charge in [0, 0.05) is 23.3 Å². The van der Waals surface area contributed by atoms with Gasteiger partial charge in [0.2, 0.25) is 5.91 Å². The van der Waals surface area contributed by atoms with Crippen molar-refractivity contribution in [1.29, 1.82) is 0 Å². The zero-order valence-electron chi connectivity index (χ0n) is 11.9. The van der Waals surface area contributed by atoms with Crippen molar-refractivity contribution in [2.24, 2.45) is 4.99 Å². The Morgan fingerprint density at radius 2 is 1.91 bits per heavy atom. The van der Waals surface area contributed by atoms with Gasteiger partial charge in [-0.3, -0.25) is 19.9 Å². The molecule has 1 heterocycles. The molecule has 0 saturated heterocycles. The number of carbonyl (C=O) groups excluding carboxylic acids is 1. The number of aryl methyl sites for hydroxylation is 1. The fourth-order valence-corrected chi connectivity index (χ4v) is 2.33. The number of benzodiazepines with no additional fused rings is 1. The van der Waals surface area contributed by atoms with Gasteiger partial charge in [0.25, 0.3) is 5.69 Å². The third kappa shape index (κ3) is 2.58. The lowest BCUT2D eigenvalue weighted by atomic mass is 9.99. The minimum Gasteiger partial charge on any atom is -0.324 e. The molecular formula is C16H13N3O3. The van der Waals surface area contributed by atoms with Crippen molar-refractivity contribution in [2.75, 3.05) is 11.9 Å². The van der Waals surface area contributed by atoms with Crippen LogP contribution in [0.3, 0.4) is 0 Å². The molecule has 0 saturated carbocycles. The standard InChI is InChI=1S/C16H13N3O3/c1-10-2-4-11(5-3-10)16-13-8-12(19(21)22)6-7-14(13)18-15(20)9-17-16/h2-8H,9H2,1H3,(H,18,20). The van der Waals surface area contributed by atoms with Crippen molar-refractivity contribution in [1.82, 2.24) is 0 Å². The van der Waals surface area contributed by atoms with E-state index in [0.29, 0.717) is 17.0 Å². The average molecular weight is 295 g/mol. The Morgan fingerprint density at radius 1 is 1.18 bits per heavy atom. The summed E-state index contributed by atoms with van der Waals surface area (Å²) < 4.78 is 0. The van der Waals surface area contributed by atoms with Crippen LogP contribution in [0.5, 0.6) is 0 Å². The number of nitro benzene ring substituents is 1. The van der Waals surface area contributed by atoms with E-state index in [1.165, 1.54) is 12.1 Å². The van der Waals surface area contributed by atoms with Crippen LogP contribution in [0.15, 0.2) is 47.5 Å². The summed E-state index contributed by atoms with van der Waals surface area (Å²) in [5.74, 6) is -0.239. The first kappa shape index (κ1) is 13.9. The van der Waals surface area contributed by atoms with Gasteiger partial charge in [0.15, 0.2) is 0 Å². The number of amides is 1. The lowest BCUT2D eigenvalue weighted by molar-refractivity contribution is -0.384. The maximum Gasteiger partial charge on any atom is 0.270 e. The van der Waals surface area contributed by atoms with E-state index in [4.69, 9.17) is 0 Å². The van der Waals surface area contributed by atoms with Gasteiger partial charge in [-0.05, 0) is 13.0 Å². The minimum absolute atomic E-state index is 0.00825. The number of non-ortho nitro benzene ring substituents is 1. The van der Waals surface area contributed by atoms with Crippen molar-refractivity contribution in [3.63, 3.8) is 0 Å². The zero-order valence-corrected chi connectivity index (χ0v) is 11.9. The molecule has 2 aromatic carbocycles. The average Bonchev–Trinajstić information content (AvgIpc) is 2.66. The van der Waals surface area contributed by atoms with Gasteiger partial charge in [-0.25, -0.2) is 0 Å². The molecule has 6 nitrogen and oxygen atoms in total. The molecule has 2 aromatic rings. The molecule has 0 aromatic heterocycles. The van der Waals surface area contributed by atoms with Gasteiger partial charge in [-0.1, -0.05) is 29.8 Å². The van der Waals surface area contributed by atoms with Crippen molar-refractivity contribution in [3.8, 4) is 0 Å². The predicted octanol–water partition coefficient (Wildman–Crippen LogP) is 2.69. The van der Waals surface area contributed by atoms with E-state index in [1.807, 2.05) is 31.2 Å². The molecule has 0 spiro atoms. The fraction of sp³-hybridized carbons (Fsp3) is 0.125. The van der Waals surface area contributed by atoms with Crippen LogP contribution in [0.4, 0.5) is 11.4 Å². The van der Waals surface area contributed by atoms with Gasteiger partial charge in [0.1, 0.15) is 6.54 Å². The number of carbonyl (C=O) groups is 1. The smallest absolute Gasteiger partial charge is 0.270 e. The summed E-state index contributed by atoms with van der Waals surface area (Å²) in [4.78, 5) is 26.6.